The summed E-state index contributed by atoms with van der Waals surface area (Å²) < 4.78 is 45.5. The summed E-state index contributed by atoms with van der Waals surface area (Å²) in [5, 5.41) is 0. The summed E-state index contributed by atoms with van der Waals surface area (Å²) in [6.45, 7) is -0.641. The third kappa shape index (κ3) is 3.87. The number of benzene rings is 1. The van der Waals surface area contributed by atoms with Gasteiger partial charge in [0.1, 0.15) is 13.1 Å². The predicted molar refractivity (Wildman–Crippen MR) is 81.3 cm³/mol. The number of rotatable bonds is 4. The van der Waals surface area contributed by atoms with Gasteiger partial charge in [0.15, 0.2) is 0 Å². The Morgan fingerprint density at radius 3 is 2.71 bits per heavy atom. The van der Waals surface area contributed by atoms with Crippen LogP contribution in [0.15, 0.2) is 30.6 Å². The summed E-state index contributed by atoms with van der Waals surface area (Å²) in [7, 11) is 0. The Hall–Kier alpha value is -2.09. The third-order valence-corrected chi connectivity index (χ3v) is 4.13. The van der Waals surface area contributed by atoms with E-state index in [0.717, 1.165) is 10.4 Å². The number of hydrogen-bond donors (Lipinski definition) is 0. The molecule has 130 valence electrons. The number of hydrogen-bond acceptors (Lipinski definition) is 3. The van der Waals surface area contributed by atoms with Crippen LogP contribution in [0.2, 0.25) is 0 Å². The van der Waals surface area contributed by atoms with Crippen LogP contribution in [0.1, 0.15) is 12.8 Å². The molecule has 1 aromatic carbocycles. The smallest absolute Gasteiger partial charge is 0.381 e. The monoisotopic (exact) mass is 341 g/mol. The largest absolute Gasteiger partial charge is 0.406 e. The third-order valence-electron chi connectivity index (χ3n) is 4.13. The topological polar surface area (TPSA) is 47.4 Å². The zero-order chi connectivity index (χ0) is 17.2. The van der Waals surface area contributed by atoms with E-state index in [1.807, 2.05) is 6.07 Å². The highest BCUT2D eigenvalue weighted by molar-refractivity contribution is 5.80. The lowest BCUT2D eigenvalue weighted by atomic mass is 10.1. The number of para-hydroxylation sites is 2. The Morgan fingerprint density at radius 2 is 2.00 bits per heavy atom. The van der Waals surface area contributed by atoms with Gasteiger partial charge in [-0.15, -0.1) is 0 Å². The molecule has 0 atom stereocenters. The van der Waals surface area contributed by atoms with Crippen molar-refractivity contribution in [3.8, 4) is 0 Å². The van der Waals surface area contributed by atoms with E-state index >= 15 is 0 Å². The van der Waals surface area contributed by atoms with Crippen LogP contribution in [-0.4, -0.2) is 52.3 Å². The van der Waals surface area contributed by atoms with Gasteiger partial charge in [0, 0.05) is 19.3 Å². The summed E-state index contributed by atoms with van der Waals surface area (Å²) in [6, 6.07) is 6.76. The van der Waals surface area contributed by atoms with E-state index in [-0.39, 0.29) is 6.54 Å². The standard InChI is InChI=1S/C16H18F3N3O2/c17-16(18,19)10-22(12-5-7-24-8-6-12)15(23)9-21-11-20-13-3-1-2-4-14(13)21/h1-4,11-12H,5-10H2. The second kappa shape index (κ2) is 6.80. The van der Waals surface area contributed by atoms with E-state index in [1.54, 1.807) is 22.8 Å². The minimum absolute atomic E-state index is 0.159. The molecule has 3 rings (SSSR count). The Labute approximate surface area is 137 Å². The fourth-order valence-corrected chi connectivity index (χ4v) is 2.98. The van der Waals surface area contributed by atoms with Crippen LogP contribution in [0.3, 0.4) is 0 Å². The van der Waals surface area contributed by atoms with Crippen molar-refractivity contribution in [2.24, 2.45) is 0 Å². The number of ether oxygens (including phenoxy) is 1. The van der Waals surface area contributed by atoms with E-state index in [2.05, 4.69) is 4.98 Å². The summed E-state index contributed by atoms with van der Waals surface area (Å²) >= 11 is 0. The Balaban J connectivity index is 1.79. The number of fused-ring (bicyclic) bond motifs is 1. The van der Waals surface area contributed by atoms with E-state index < -0.39 is 24.7 Å². The number of halogens is 3. The average Bonchev–Trinajstić information content (AvgIpc) is 2.96. The molecule has 8 heteroatoms. The molecule has 0 N–H and O–H groups in total. The van der Waals surface area contributed by atoms with Crippen molar-refractivity contribution in [2.75, 3.05) is 19.8 Å². The van der Waals surface area contributed by atoms with Crippen molar-refractivity contribution in [3.63, 3.8) is 0 Å². The van der Waals surface area contributed by atoms with Crippen molar-refractivity contribution in [2.45, 2.75) is 31.6 Å². The van der Waals surface area contributed by atoms with Crippen molar-refractivity contribution in [3.05, 3.63) is 30.6 Å². The van der Waals surface area contributed by atoms with Gasteiger partial charge in [0.25, 0.3) is 0 Å². The molecule has 2 heterocycles. The lowest BCUT2D eigenvalue weighted by Gasteiger charge is -2.35. The minimum atomic E-state index is -4.43. The molecule has 1 fully saturated rings. The van der Waals surface area contributed by atoms with Gasteiger partial charge in [-0.25, -0.2) is 4.98 Å². The molecule has 0 radical (unpaired) electrons. The van der Waals surface area contributed by atoms with Gasteiger partial charge >= 0.3 is 6.18 Å². The zero-order valence-electron chi connectivity index (χ0n) is 13.0. The molecule has 1 aromatic heterocycles. The normalized spacial score (nSPS) is 16.5. The molecule has 0 spiro atoms. The molecule has 1 aliphatic heterocycles. The molecular weight excluding hydrogens is 323 g/mol. The lowest BCUT2D eigenvalue weighted by molar-refractivity contribution is -0.169. The molecular formula is C16H18F3N3O2. The van der Waals surface area contributed by atoms with Crippen LogP contribution >= 0.6 is 0 Å². The zero-order valence-corrected chi connectivity index (χ0v) is 13.0. The van der Waals surface area contributed by atoms with Crippen LogP contribution in [0.5, 0.6) is 0 Å². The van der Waals surface area contributed by atoms with Gasteiger partial charge in [-0.3, -0.25) is 4.79 Å². The van der Waals surface area contributed by atoms with Crippen LogP contribution in [0, 0.1) is 0 Å². The van der Waals surface area contributed by atoms with Crippen molar-refractivity contribution in [1.82, 2.24) is 14.5 Å². The molecule has 24 heavy (non-hydrogen) atoms. The fourth-order valence-electron chi connectivity index (χ4n) is 2.98. The number of imidazole rings is 1. The number of nitrogens with zero attached hydrogens (tertiary/aromatic N) is 3. The maximum absolute atomic E-state index is 12.9. The summed E-state index contributed by atoms with van der Waals surface area (Å²) in [5.41, 5.74) is 1.43. The van der Waals surface area contributed by atoms with E-state index in [0.29, 0.717) is 31.6 Å². The molecule has 5 nitrogen and oxygen atoms in total. The average molecular weight is 341 g/mol. The SMILES string of the molecule is O=C(Cn1cnc2ccccc21)N(CC(F)(F)F)C1CCOCC1. The maximum atomic E-state index is 12.9. The second-order valence-electron chi connectivity index (χ2n) is 5.84. The van der Waals surface area contributed by atoms with Gasteiger partial charge in [-0.05, 0) is 25.0 Å². The second-order valence-corrected chi connectivity index (χ2v) is 5.84. The van der Waals surface area contributed by atoms with Crippen molar-refractivity contribution >= 4 is 16.9 Å². The molecule has 0 aliphatic carbocycles. The van der Waals surface area contributed by atoms with E-state index in [1.165, 1.54) is 6.33 Å². The van der Waals surface area contributed by atoms with Crippen molar-refractivity contribution < 1.29 is 22.7 Å². The van der Waals surface area contributed by atoms with Gasteiger partial charge in [-0.1, -0.05) is 12.1 Å². The first-order valence-electron chi connectivity index (χ1n) is 7.78. The van der Waals surface area contributed by atoms with Gasteiger partial charge in [-0.2, -0.15) is 13.2 Å². The molecule has 2 aromatic rings. The van der Waals surface area contributed by atoms with Gasteiger partial charge in [0.05, 0.1) is 17.4 Å². The number of carbonyl (C=O) groups is 1. The Bertz CT molecular complexity index is 708. The molecule has 0 unspecified atom stereocenters. The van der Waals surface area contributed by atoms with Crippen LogP contribution in [0.25, 0.3) is 11.0 Å². The highest BCUT2D eigenvalue weighted by atomic mass is 19.4. The van der Waals surface area contributed by atoms with Gasteiger partial charge < -0.3 is 14.2 Å². The quantitative estimate of drug-likeness (QED) is 0.859. The van der Waals surface area contributed by atoms with Crippen LogP contribution in [0.4, 0.5) is 13.2 Å². The van der Waals surface area contributed by atoms with Gasteiger partial charge in [0.2, 0.25) is 5.91 Å². The maximum Gasteiger partial charge on any atom is 0.406 e. The Morgan fingerprint density at radius 1 is 1.29 bits per heavy atom. The Kier molecular flexibility index (Phi) is 4.75. The van der Waals surface area contributed by atoms with Crippen LogP contribution < -0.4 is 0 Å². The number of aromatic nitrogens is 2. The number of carbonyl (C=O) groups excluding carboxylic acids is 1. The summed E-state index contributed by atoms with van der Waals surface area (Å²) in [5.74, 6) is -0.553. The fraction of sp³-hybridized carbons (Fsp3) is 0.500. The van der Waals surface area contributed by atoms with E-state index in [4.69, 9.17) is 4.74 Å². The summed E-state index contributed by atoms with van der Waals surface area (Å²) in [6.07, 6.45) is -2.09. The lowest BCUT2D eigenvalue weighted by Crippen LogP contribution is -2.48. The van der Waals surface area contributed by atoms with Crippen LogP contribution in [-0.2, 0) is 16.1 Å². The number of alkyl halides is 3. The first kappa shape index (κ1) is 16.8. The van der Waals surface area contributed by atoms with Crippen molar-refractivity contribution in [1.29, 1.82) is 0 Å². The predicted octanol–water partition coefficient (Wildman–Crippen LogP) is 2.61. The molecule has 1 aliphatic rings. The van der Waals surface area contributed by atoms with E-state index in [9.17, 15) is 18.0 Å². The molecule has 1 saturated heterocycles. The highest BCUT2D eigenvalue weighted by Crippen LogP contribution is 2.23. The first-order chi connectivity index (χ1) is 11.4. The molecule has 1 amide bonds. The molecule has 0 saturated carbocycles. The highest BCUT2D eigenvalue weighted by Gasteiger charge is 2.37. The minimum Gasteiger partial charge on any atom is -0.381 e. The molecule has 0 bridgehead atoms. The summed E-state index contributed by atoms with van der Waals surface area (Å²) in [4.78, 5) is 17.7. The first-order valence-corrected chi connectivity index (χ1v) is 7.78. The number of amides is 1.